The summed E-state index contributed by atoms with van der Waals surface area (Å²) in [7, 11) is 1.59. The largest absolute Gasteiger partial charge is 0.399 e. The fraction of sp³-hybridized carbons (Fsp3) is 0.833. The molecule has 0 spiro atoms. The summed E-state index contributed by atoms with van der Waals surface area (Å²) in [5, 5.41) is 3.80. The number of hydrogen-bond donors (Lipinski definition) is 0. The van der Waals surface area contributed by atoms with Crippen LogP contribution < -0.4 is 0 Å². The first-order chi connectivity index (χ1) is 3.84. The molecule has 0 unspecified atom stereocenters. The van der Waals surface area contributed by atoms with Crippen molar-refractivity contribution >= 4 is 5.71 Å². The summed E-state index contributed by atoms with van der Waals surface area (Å²) in [6.07, 6.45) is 2.61. The summed E-state index contributed by atoms with van der Waals surface area (Å²) in [5.74, 6) is 0.745. The molecule has 0 bridgehead atoms. The van der Waals surface area contributed by atoms with Gasteiger partial charge in [0.1, 0.15) is 7.11 Å². The second-order valence-electron chi connectivity index (χ2n) is 2.19. The van der Waals surface area contributed by atoms with Crippen LogP contribution in [0.5, 0.6) is 0 Å². The Hall–Kier alpha value is -0.530. The first-order valence-corrected chi connectivity index (χ1v) is 2.92. The van der Waals surface area contributed by atoms with Gasteiger partial charge in [0, 0.05) is 5.92 Å². The van der Waals surface area contributed by atoms with E-state index in [-0.39, 0.29) is 0 Å². The van der Waals surface area contributed by atoms with E-state index in [9.17, 15) is 0 Å². The Labute approximate surface area is 49.5 Å². The second kappa shape index (κ2) is 2.16. The summed E-state index contributed by atoms with van der Waals surface area (Å²) in [5.41, 5.74) is 1.15. The molecule has 0 aromatic carbocycles. The molecule has 0 aliphatic heterocycles. The van der Waals surface area contributed by atoms with Crippen molar-refractivity contribution in [3.63, 3.8) is 0 Å². The van der Waals surface area contributed by atoms with Crippen LogP contribution in [0.2, 0.25) is 0 Å². The molecule has 0 amide bonds. The molecule has 2 nitrogen and oxygen atoms in total. The fourth-order valence-corrected chi connectivity index (χ4v) is 0.720. The Balaban J connectivity index is 2.31. The minimum atomic E-state index is 0.745. The zero-order valence-electron chi connectivity index (χ0n) is 5.35. The van der Waals surface area contributed by atoms with Gasteiger partial charge in [-0.1, -0.05) is 5.16 Å². The molecule has 0 atom stereocenters. The molecule has 1 rings (SSSR count). The van der Waals surface area contributed by atoms with Gasteiger partial charge < -0.3 is 4.84 Å². The SMILES string of the molecule is CO/N=C(\C)C1CC1. The van der Waals surface area contributed by atoms with Crippen LogP contribution in [0.4, 0.5) is 0 Å². The highest BCUT2D eigenvalue weighted by molar-refractivity contribution is 5.85. The highest BCUT2D eigenvalue weighted by atomic mass is 16.6. The average Bonchev–Trinajstić information content (AvgIpc) is 2.45. The van der Waals surface area contributed by atoms with E-state index in [1.165, 1.54) is 12.8 Å². The molecular formula is C6H11NO. The molecule has 8 heavy (non-hydrogen) atoms. The van der Waals surface area contributed by atoms with E-state index < -0.39 is 0 Å². The standard InChI is InChI=1S/C6H11NO/c1-5(7-8-2)6-3-4-6/h6H,3-4H2,1-2H3/b7-5+. The molecule has 0 heterocycles. The first kappa shape index (κ1) is 5.60. The Morgan fingerprint density at radius 1 is 1.62 bits per heavy atom. The molecule has 0 N–H and O–H groups in total. The Morgan fingerprint density at radius 2 is 2.25 bits per heavy atom. The van der Waals surface area contributed by atoms with Gasteiger partial charge in [-0.25, -0.2) is 0 Å². The molecule has 0 saturated heterocycles. The lowest BCUT2D eigenvalue weighted by Crippen LogP contribution is -1.92. The smallest absolute Gasteiger partial charge is 0.106 e. The van der Waals surface area contributed by atoms with Crippen molar-refractivity contribution in [2.75, 3.05) is 7.11 Å². The Morgan fingerprint density at radius 3 is 2.62 bits per heavy atom. The van der Waals surface area contributed by atoms with Gasteiger partial charge in [0.25, 0.3) is 0 Å². The van der Waals surface area contributed by atoms with Crippen molar-refractivity contribution in [3.05, 3.63) is 0 Å². The van der Waals surface area contributed by atoms with Gasteiger partial charge >= 0.3 is 0 Å². The van der Waals surface area contributed by atoms with E-state index in [2.05, 4.69) is 9.99 Å². The van der Waals surface area contributed by atoms with Crippen LogP contribution in [0, 0.1) is 5.92 Å². The van der Waals surface area contributed by atoms with Crippen molar-refractivity contribution in [2.24, 2.45) is 11.1 Å². The van der Waals surface area contributed by atoms with E-state index in [1.54, 1.807) is 7.11 Å². The minimum Gasteiger partial charge on any atom is -0.399 e. The van der Waals surface area contributed by atoms with E-state index in [0.29, 0.717) is 0 Å². The topological polar surface area (TPSA) is 21.6 Å². The van der Waals surface area contributed by atoms with Gasteiger partial charge in [-0.05, 0) is 19.8 Å². The molecule has 46 valence electrons. The van der Waals surface area contributed by atoms with E-state index >= 15 is 0 Å². The highest BCUT2D eigenvalue weighted by Crippen LogP contribution is 2.30. The quantitative estimate of drug-likeness (QED) is 0.392. The third-order valence-corrected chi connectivity index (χ3v) is 1.40. The van der Waals surface area contributed by atoms with Gasteiger partial charge in [0.2, 0.25) is 0 Å². The van der Waals surface area contributed by atoms with Gasteiger partial charge in [0.15, 0.2) is 0 Å². The minimum absolute atomic E-state index is 0.745. The second-order valence-corrected chi connectivity index (χ2v) is 2.19. The van der Waals surface area contributed by atoms with Crippen LogP contribution in [-0.2, 0) is 4.84 Å². The molecular weight excluding hydrogens is 102 g/mol. The van der Waals surface area contributed by atoms with E-state index in [4.69, 9.17) is 0 Å². The van der Waals surface area contributed by atoms with Crippen LogP contribution in [0.3, 0.4) is 0 Å². The molecule has 1 aliphatic carbocycles. The Bertz CT molecular complexity index is 105. The van der Waals surface area contributed by atoms with Crippen molar-refractivity contribution in [2.45, 2.75) is 19.8 Å². The van der Waals surface area contributed by atoms with Gasteiger partial charge in [-0.2, -0.15) is 0 Å². The average molecular weight is 113 g/mol. The number of oxime groups is 1. The zero-order chi connectivity index (χ0) is 5.98. The van der Waals surface area contributed by atoms with E-state index in [1.807, 2.05) is 6.92 Å². The third kappa shape index (κ3) is 1.22. The third-order valence-electron chi connectivity index (χ3n) is 1.40. The van der Waals surface area contributed by atoms with Crippen molar-refractivity contribution in [3.8, 4) is 0 Å². The Kier molecular flexibility index (Phi) is 1.51. The molecule has 1 fully saturated rings. The summed E-state index contributed by atoms with van der Waals surface area (Å²) < 4.78 is 0. The summed E-state index contributed by atoms with van der Waals surface area (Å²) in [6.45, 7) is 2.02. The molecule has 0 radical (unpaired) electrons. The monoisotopic (exact) mass is 113 g/mol. The maximum Gasteiger partial charge on any atom is 0.106 e. The predicted molar refractivity (Wildman–Crippen MR) is 32.8 cm³/mol. The highest BCUT2D eigenvalue weighted by Gasteiger charge is 2.24. The maximum absolute atomic E-state index is 4.59. The van der Waals surface area contributed by atoms with Crippen LogP contribution in [0.15, 0.2) is 5.16 Å². The van der Waals surface area contributed by atoms with Crippen molar-refractivity contribution < 1.29 is 4.84 Å². The summed E-state index contributed by atoms with van der Waals surface area (Å²) in [4.78, 5) is 4.59. The van der Waals surface area contributed by atoms with Crippen LogP contribution >= 0.6 is 0 Å². The normalized spacial score (nSPS) is 21.0. The first-order valence-electron chi connectivity index (χ1n) is 2.92. The molecule has 1 aliphatic rings. The number of hydrogen-bond acceptors (Lipinski definition) is 2. The lowest BCUT2D eigenvalue weighted by Gasteiger charge is -1.91. The molecule has 2 heteroatoms. The predicted octanol–water partition coefficient (Wildman–Crippen LogP) is 1.42. The molecule has 0 aromatic heterocycles. The van der Waals surface area contributed by atoms with Crippen LogP contribution in [-0.4, -0.2) is 12.8 Å². The van der Waals surface area contributed by atoms with Crippen LogP contribution in [0.1, 0.15) is 19.8 Å². The van der Waals surface area contributed by atoms with E-state index in [0.717, 1.165) is 11.6 Å². The molecule has 0 aromatic rings. The van der Waals surface area contributed by atoms with Crippen molar-refractivity contribution in [1.82, 2.24) is 0 Å². The molecule has 1 saturated carbocycles. The summed E-state index contributed by atoms with van der Waals surface area (Å²) >= 11 is 0. The van der Waals surface area contributed by atoms with Gasteiger partial charge in [-0.3, -0.25) is 0 Å². The maximum atomic E-state index is 4.59. The van der Waals surface area contributed by atoms with Crippen LogP contribution in [0.25, 0.3) is 0 Å². The number of rotatable bonds is 2. The summed E-state index contributed by atoms with van der Waals surface area (Å²) in [6, 6.07) is 0. The van der Waals surface area contributed by atoms with Gasteiger partial charge in [0.05, 0.1) is 5.71 Å². The number of nitrogens with zero attached hydrogens (tertiary/aromatic N) is 1. The van der Waals surface area contributed by atoms with Gasteiger partial charge in [-0.15, -0.1) is 0 Å². The van der Waals surface area contributed by atoms with Crippen molar-refractivity contribution in [1.29, 1.82) is 0 Å². The fourth-order valence-electron chi connectivity index (χ4n) is 0.720. The lowest BCUT2D eigenvalue weighted by molar-refractivity contribution is 0.212. The zero-order valence-corrected chi connectivity index (χ0v) is 5.35. The lowest BCUT2D eigenvalue weighted by atomic mass is 10.3.